The molecule has 0 aliphatic carbocycles. The Bertz CT molecular complexity index is 879. The van der Waals surface area contributed by atoms with Gasteiger partial charge in [0.15, 0.2) is 0 Å². The van der Waals surface area contributed by atoms with Crippen molar-refractivity contribution in [2.75, 3.05) is 7.11 Å². The molecule has 2 N–H and O–H groups in total. The molecule has 0 aromatic heterocycles. The molecule has 27 heavy (non-hydrogen) atoms. The number of rotatable bonds is 6. The summed E-state index contributed by atoms with van der Waals surface area (Å²) in [5, 5.41) is -0.164. The van der Waals surface area contributed by atoms with Crippen molar-refractivity contribution >= 4 is 23.1 Å². The summed E-state index contributed by atoms with van der Waals surface area (Å²) in [5.41, 5.74) is 6.64. The molecule has 0 unspecified atom stereocenters. The normalized spacial score (nSPS) is 12.0. The Morgan fingerprint density at radius 3 is 2.52 bits per heavy atom. The highest BCUT2D eigenvalue weighted by Crippen LogP contribution is 2.35. The minimum atomic E-state index is -4.49. The van der Waals surface area contributed by atoms with Gasteiger partial charge >= 0.3 is 6.18 Å². The summed E-state index contributed by atoms with van der Waals surface area (Å²) in [6.45, 7) is 1.78. The van der Waals surface area contributed by atoms with Gasteiger partial charge in [-0.05, 0) is 36.2 Å². The van der Waals surface area contributed by atoms with E-state index in [0.717, 1.165) is 23.8 Å². The van der Waals surface area contributed by atoms with E-state index in [0.29, 0.717) is 11.1 Å². The molecule has 2 rings (SSSR count). The quantitative estimate of drug-likeness (QED) is 0.564. The topological polar surface area (TPSA) is 61.5 Å². The Kier molecular flexibility index (Phi) is 6.38. The minimum absolute atomic E-state index is 0.0264. The first kappa shape index (κ1) is 20.6. The van der Waals surface area contributed by atoms with Gasteiger partial charge in [0.1, 0.15) is 12.4 Å². The van der Waals surface area contributed by atoms with E-state index in [2.05, 4.69) is 0 Å². The van der Waals surface area contributed by atoms with Crippen LogP contribution in [0.4, 0.5) is 13.2 Å². The fourth-order valence-corrected chi connectivity index (χ4v) is 2.70. The number of carbonyl (C=O) groups is 1. The molecule has 4 nitrogen and oxygen atoms in total. The summed E-state index contributed by atoms with van der Waals surface area (Å²) in [6, 6.07) is 8.07. The van der Waals surface area contributed by atoms with Crippen LogP contribution in [0.5, 0.6) is 5.75 Å². The molecule has 0 atom stereocenters. The van der Waals surface area contributed by atoms with Crippen LogP contribution >= 0.6 is 11.6 Å². The summed E-state index contributed by atoms with van der Waals surface area (Å²) in [6.07, 6.45) is -3.27. The number of amides is 1. The first-order chi connectivity index (χ1) is 12.6. The molecule has 0 aliphatic rings. The number of hydrogen-bond acceptors (Lipinski definition) is 3. The van der Waals surface area contributed by atoms with E-state index in [1.54, 1.807) is 12.1 Å². The molecule has 144 valence electrons. The highest BCUT2D eigenvalue weighted by Gasteiger charge is 2.31. The standard InChI is InChI=1S/C19H17ClF3NO3/c1-11-4-3-5-13(15(9-26-2)18(24)25)14(11)10-27-17-7-6-12(8-16(17)20)19(21,22)23/h3-9H,10H2,1-2H3,(H2,24,25)/b15-9+. The minimum Gasteiger partial charge on any atom is -0.504 e. The van der Waals surface area contributed by atoms with Crippen LogP contribution in [-0.4, -0.2) is 13.0 Å². The lowest BCUT2D eigenvalue weighted by Gasteiger charge is -2.16. The lowest BCUT2D eigenvalue weighted by molar-refractivity contribution is -0.137. The third-order valence-electron chi connectivity index (χ3n) is 3.83. The predicted molar refractivity (Wildman–Crippen MR) is 96.1 cm³/mol. The molecule has 0 aliphatic heterocycles. The van der Waals surface area contributed by atoms with Gasteiger partial charge in [0.25, 0.3) is 5.91 Å². The van der Waals surface area contributed by atoms with E-state index in [9.17, 15) is 18.0 Å². The fraction of sp³-hybridized carbons (Fsp3) is 0.211. The highest BCUT2D eigenvalue weighted by molar-refractivity contribution is 6.32. The van der Waals surface area contributed by atoms with Crippen molar-refractivity contribution in [3.63, 3.8) is 0 Å². The fourth-order valence-electron chi connectivity index (χ4n) is 2.46. The van der Waals surface area contributed by atoms with E-state index in [1.165, 1.54) is 13.4 Å². The second-order valence-corrected chi connectivity index (χ2v) is 6.07. The molecular formula is C19H17ClF3NO3. The van der Waals surface area contributed by atoms with Crippen molar-refractivity contribution in [2.24, 2.45) is 5.73 Å². The monoisotopic (exact) mass is 399 g/mol. The second-order valence-electron chi connectivity index (χ2n) is 5.66. The number of primary amides is 1. The summed E-state index contributed by atoms with van der Waals surface area (Å²) >= 11 is 5.91. The van der Waals surface area contributed by atoms with Gasteiger partial charge in [-0.25, -0.2) is 0 Å². The van der Waals surface area contributed by atoms with Gasteiger partial charge in [-0.15, -0.1) is 0 Å². The van der Waals surface area contributed by atoms with Crippen LogP contribution in [0.15, 0.2) is 42.7 Å². The molecule has 0 saturated heterocycles. The Balaban J connectivity index is 2.34. The van der Waals surface area contributed by atoms with Gasteiger partial charge < -0.3 is 15.2 Å². The third-order valence-corrected chi connectivity index (χ3v) is 4.13. The van der Waals surface area contributed by atoms with Crippen molar-refractivity contribution < 1.29 is 27.4 Å². The van der Waals surface area contributed by atoms with Gasteiger partial charge in [0.05, 0.1) is 29.5 Å². The molecular weight excluding hydrogens is 383 g/mol. The molecule has 0 bridgehead atoms. The average Bonchev–Trinajstić information content (AvgIpc) is 2.58. The maximum absolute atomic E-state index is 12.7. The van der Waals surface area contributed by atoms with E-state index in [1.807, 2.05) is 13.0 Å². The molecule has 2 aromatic carbocycles. The van der Waals surface area contributed by atoms with Crippen LogP contribution in [-0.2, 0) is 22.3 Å². The Morgan fingerprint density at radius 1 is 1.26 bits per heavy atom. The van der Waals surface area contributed by atoms with E-state index < -0.39 is 17.6 Å². The Hall–Kier alpha value is -2.67. The Morgan fingerprint density at radius 2 is 1.96 bits per heavy atom. The number of nitrogens with two attached hydrogens (primary N) is 1. The van der Waals surface area contributed by atoms with Gasteiger partial charge in [0, 0.05) is 5.56 Å². The maximum atomic E-state index is 12.7. The number of hydrogen-bond donors (Lipinski definition) is 1. The second kappa shape index (κ2) is 8.35. The summed E-state index contributed by atoms with van der Waals surface area (Å²) in [5.74, 6) is -0.591. The number of carbonyl (C=O) groups excluding carboxylic acids is 1. The number of aryl methyl sites for hydroxylation is 1. The van der Waals surface area contributed by atoms with Crippen molar-refractivity contribution in [3.05, 3.63) is 69.9 Å². The van der Waals surface area contributed by atoms with Crippen LogP contribution in [0.1, 0.15) is 22.3 Å². The molecule has 0 heterocycles. The molecule has 0 spiro atoms. The molecule has 0 saturated carbocycles. The van der Waals surface area contributed by atoms with Crippen molar-refractivity contribution in [1.29, 1.82) is 0 Å². The number of benzene rings is 2. The van der Waals surface area contributed by atoms with E-state index in [4.69, 9.17) is 26.8 Å². The number of halogens is 4. The SMILES string of the molecule is CO/C=C(/C(N)=O)c1cccc(C)c1COc1ccc(C(F)(F)F)cc1Cl. The largest absolute Gasteiger partial charge is 0.504 e. The summed E-state index contributed by atoms with van der Waals surface area (Å²) < 4.78 is 48.7. The van der Waals surface area contributed by atoms with E-state index in [-0.39, 0.29) is 23.0 Å². The zero-order chi connectivity index (χ0) is 20.2. The number of methoxy groups -OCH3 is 1. The van der Waals surface area contributed by atoms with Gasteiger partial charge in [-0.3, -0.25) is 4.79 Å². The van der Waals surface area contributed by atoms with Crippen molar-refractivity contribution in [2.45, 2.75) is 19.7 Å². The van der Waals surface area contributed by atoms with Crippen LogP contribution in [0.2, 0.25) is 5.02 Å². The summed E-state index contributed by atoms with van der Waals surface area (Å²) in [4.78, 5) is 11.7. The predicted octanol–water partition coefficient (Wildman–Crippen LogP) is 4.72. The average molecular weight is 400 g/mol. The zero-order valence-electron chi connectivity index (χ0n) is 14.6. The number of ether oxygens (including phenoxy) is 2. The lowest BCUT2D eigenvalue weighted by atomic mass is 9.96. The van der Waals surface area contributed by atoms with Gasteiger partial charge in [-0.1, -0.05) is 29.8 Å². The number of alkyl halides is 3. The summed E-state index contributed by atoms with van der Waals surface area (Å²) in [7, 11) is 1.39. The highest BCUT2D eigenvalue weighted by atomic mass is 35.5. The van der Waals surface area contributed by atoms with Gasteiger partial charge in [0.2, 0.25) is 0 Å². The molecule has 1 amide bonds. The van der Waals surface area contributed by atoms with Crippen LogP contribution in [0.3, 0.4) is 0 Å². The lowest BCUT2D eigenvalue weighted by Crippen LogP contribution is -2.15. The molecule has 2 aromatic rings. The molecule has 8 heteroatoms. The first-order valence-electron chi connectivity index (χ1n) is 7.76. The van der Waals surface area contributed by atoms with Crippen molar-refractivity contribution in [1.82, 2.24) is 0 Å². The van der Waals surface area contributed by atoms with Crippen molar-refractivity contribution in [3.8, 4) is 5.75 Å². The smallest absolute Gasteiger partial charge is 0.416 e. The van der Waals surface area contributed by atoms with Crippen LogP contribution in [0, 0.1) is 6.92 Å². The zero-order valence-corrected chi connectivity index (χ0v) is 15.3. The maximum Gasteiger partial charge on any atom is 0.416 e. The molecule has 0 radical (unpaired) electrons. The molecule has 0 fully saturated rings. The van der Waals surface area contributed by atoms with Crippen LogP contribution < -0.4 is 10.5 Å². The van der Waals surface area contributed by atoms with E-state index >= 15 is 0 Å². The van der Waals surface area contributed by atoms with Crippen LogP contribution in [0.25, 0.3) is 5.57 Å². The first-order valence-corrected chi connectivity index (χ1v) is 8.14. The third kappa shape index (κ3) is 4.95. The Labute approximate surface area is 159 Å². The van der Waals surface area contributed by atoms with Gasteiger partial charge in [-0.2, -0.15) is 13.2 Å².